The zero-order chi connectivity index (χ0) is 10.8. The summed E-state index contributed by atoms with van der Waals surface area (Å²) in [4.78, 5) is 11.2. The van der Waals surface area contributed by atoms with Crippen LogP contribution in [0.1, 0.15) is 20.8 Å². The number of nitrogens with one attached hydrogen (secondary N) is 1. The van der Waals surface area contributed by atoms with Crippen LogP contribution in [0.5, 0.6) is 0 Å². The number of anilines is 1. The van der Waals surface area contributed by atoms with Gasteiger partial charge in [-0.3, -0.25) is 5.32 Å². The highest BCUT2D eigenvalue weighted by molar-refractivity contribution is 9.10. The first-order valence-electron chi connectivity index (χ1n) is 4.11. The highest BCUT2D eigenvalue weighted by Gasteiger charge is 2.16. The molecule has 0 aliphatic heterocycles. The van der Waals surface area contributed by atoms with Crippen LogP contribution in [0.3, 0.4) is 0 Å². The molecule has 0 spiro atoms. The Kier molecular flexibility index (Phi) is 3.21. The number of carbonyl (C=O) groups excluding carboxylic acids is 1. The van der Waals surface area contributed by atoms with E-state index < -0.39 is 11.7 Å². The Morgan fingerprint density at radius 1 is 1.57 bits per heavy atom. The van der Waals surface area contributed by atoms with E-state index in [-0.39, 0.29) is 0 Å². The van der Waals surface area contributed by atoms with Gasteiger partial charge in [0.1, 0.15) is 11.9 Å². The van der Waals surface area contributed by atoms with Crippen molar-refractivity contribution in [2.45, 2.75) is 26.4 Å². The van der Waals surface area contributed by atoms with Crippen molar-refractivity contribution >= 4 is 27.9 Å². The summed E-state index contributed by atoms with van der Waals surface area (Å²) < 4.78 is 10.8. The molecule has 1 heterocycles. The van der Waals surface area contributed by atoms with Crippen LogP contribution < -0.4 is 5.32 Å². The van der Waals surface area contributed by atoms with Crippen molar-refractivity contribution in [2.75, 3.05) is 5.32 Å². The Bertz CT molecular complexity index is 327. The molecule has 0 saturated carbocycles. The number of halogens is 1. The SMILES string of the molecule is CC(C)(C)OC(=O)Nc1cc(Br)co1. The minimum Gasteiger partial charge on any atom is -0.447 e. The summed E-state index contributed by atoms with van der Waals surface area (Å²) in [6, 6.07) is 1.64. The normalized spacial score (nSPS) is 11.1. The predicted octanol–water partition coefficient (Wildman–Crippen LogP) is 3.39. The van der Waals surface area contributed by atoms with Gasteiger partial charge in [0.05, 0.1) is 4.47 Å². The third kappa shape index (κ3) is 3.83. The van der Waals surface area contributed by atoms with Crippen LogP contribution in [0.15, 0.2) is 21.2 Å². The molecule has 0 fully saturated rings. The van der Waals surface area contributed by atoms with Crippen LogP contribution in [0.4, 0.5) is 10.7 Å². The lowest BCUT2D eigenvalue weighted by molar-refractivity contribution is 0.0632. The standard InChI is InChI=1S/C9H12BrNO3/c1-9(2,3)14-8(12)11-7-4-6(10)5-13-7/h4-5H,1-3H3,(H,11,12). The molecule has 0 unspecified atom stereocenters. The molecule has 0 aliphatic carbocycles. The van der Waals surface area contributed by atoms with Crippen LogP contribution in [0.25, 0.3) is 0 Å². The summed E-state index contributed by atoms with van der Waals surface area (Å²) in [6.45, 7) is 5.39. The van der Waals surface area contributed by atoms with E-state index in [1.54, 1.807) is 26.8 Å². The maximum atomic E-state index is 11.2. The minimum absolute atomic E-state index is 0.353. The van der Waals surface area contributed by atoms with Crippen molar-refractivity contribution < 1.29 is 13.9 Å². The van der Waals surface area contributed by atoms with Gasteiger partial charge in [-0.05, 0) is 36.7 Å². The zero-order valence-electron chi connectivity index (χ0n) is 8.26. The second kappa shape index (κ2) is 4.04. The van der Waals surface area contributed by atoms with Gasteiger partial charge in [-0.25, -0.2) is 4.79 Å². The van der Waals surface area contributed by atoms with Gasteiger partial charge in [0.15, 0.2) is 0 Å². The number of carbonyl (C=O) groups is 1. The molecule has 5 heteroatoms. The van der Waals surface area contributed by atoms with Gasteiger partial charge in [0.2, 0.25) is 5.88 Å². The average molecular weight is 262 g/mol. The first kappa shape index (κ1) is 11.1. The van der Waals surface area contributed by atoms with Crippen LogP contribution in [-0.4, -0.2) is 11.7 Å². The second-order valence-electron chi connectivity index (χ2n) is 3.76. The highest BCUT2D eigenvalue weighted by Crippen LogP contribution is 2.19. The lowest BCUT2D eigenvalue weighted by atomic mass is 10.2. The maximum Gasteiger partial charge on any atom is 0.414 e. The quantitative estimate of drug-likeness (QED) is 0.843. The first-order chi connectivity index (χ1) is 6.37. The molecule has 78 valence electrons. The van der Waals surface area contributed by atoms with Crippen molar-refractivity contribution in [3.63, 3.8) is 0 Å². The van der Waals surface area contributed by atoms with Crippen molar-refractivity contribution in [1.82, 2.24) is 0 Å². The summed E-state index contributed by atoms with van der Waals surface area (Å²) >= 11 is 3.20. The molecule has 1 aromatic rings. The summed E-state index contributed by atoms with van der Waals surface area (Å²) in [5, 5.41) is 2.46. The van der Waals surface area contributed by atoms with E-state index in [2.05, 4.69) is 21.2 Å². The number of amides is 1. The Balaban J connectivity index is 2.50. The molecule has 0 bridgehead atoms. The molecule has 0 atom stereocenters. The molecule has 1 amide bonds. The van der Waals surface area contributed by atoms with E-state index in [1.807, 2.05) is 0 Å². The topological polar surface area (TPSA) is 51.5 Å². The Labute approximate surface area is 90.7 Å². The molecule has 0 saturated heterocycles. The van der Waals surface area contributed by atoms with Gasteiger partial charge in [-0.1, -0.05) is 0 Å². The monoisotopic (exact) mass is 261 g/mol. The smallest absolute Gasteiger partial charge is 0.414 e. The van der Waals surface area contributed by atoms with Crippen LogP contribution >= 0.6 is 15.9 Å². The lowest BCUT2D eigenvalue weighted by Crippen LogP contribution is -2.27. The number of ether oxygens (including phenoxy) is 1. The van der Waals surface area contributed by atoms with Gasteiger partial charge in [0, 0.05) is 6.07 Å². The van der Waals surface area contributed by atoms with E-state index in [4.69, 9.17) is 9.15 Å². The fourth-order valence-corrected chi connectivity index (χ4v) is 1.08. The van der Waals surface area contributed by atoms with Crippen molar-refractivity contribution in [3.8, 4) is 0 Å². The Morgan fingerprint density at radius 2 is 2.21 bits per heavy atom. The van der Waals surface area contributed by atoms with E-state index >= 15 is 0 Å². The lowest BCUT2D eigenvalue weighted by Gasteiger charge is -2.18. The average Bonchev–Trinajstić information content (AvgIpc) is 2.30. The van der Waals surface area contributed by atoms with Crippen LogP contribution in [0, 0.1) is 0 Å². The fourth-order valence-electron chi connectivity index (χ4n) is 0.783. The molecule has 0 radical (unpaired) electrons. The molecule has 0 aromatic carbocycles. The maximum absolute atomic E-state index is 11.2. The summed E-state index contributed by atoms with van der Waals surface area (Å²) in [5.74, 6) is 0.353. The third-order valence-electron chi connectivity index (χ3n) is 1.19. The van der Waals surface area contributed by atoms with Gasteiger partial charge in [-0.15, -0.1) is 0 Å². The Morgan fingerprint density at radius 3 is 2.64 bits per heavy atom. The number of furan rings is 1. The van der Waals surface area contributed by atoms with Crippen LogP contribution in [0.2, 0.25) is 0 Å². The highest BCUT2D eigenvalue weighted by atomic mass is 79.9. The molecule has 1 N–H and O–H groups in total. The number of rotatable bonds is 1. The van der Waals surface area contributed by atoms with E-state index in [9.17, 15) is 4.79 Å². The van der Waals surface area contributed by atoms with Gasteiger partial charge >= 0.3 is 6.09 Å². The van der Waals surface area contributed by atoms with Crippen molar-refractivity contribution in [3.05, 3.63) is 16.8 Å². The van der Waals surface area contributed by atoms with Gasteiger partial charge in [0.25, 0.3) is 0 Å². The number of hydrogen-bond donors (Lipinski definition) is 1. The molecule has 1 rings (SSSR count). The van der Waals surface area contributed by atoms with Gasteiger partial charge in [-0.2, -0.15) is 0 Å². The van der Waals surface area contributed by atoms with Crippen molar-refractivity contribution in [2.24, 2.45) is 0 Å². The summed E-state index contributed by atoms with van der Waals surface area (Å²) in [6.07, 6.45) is 0.950. The summed E-state index contributed by atoms with van der Waals surface area (Å²) in [5.41, 5.74) is -0.506. The molecule has 14 heavy (non-hydrogen) atoms. The van der Waals surface area contributed by atoms with Crippen LogP contribution in [-0.2, 0) is 4.74 Å². The molecular weight excluding hydrogens is 250 g/mol. The molecular formula is C9H12BrNO3. The van der Waals surface area contributed by atoms with Gasteiger partial charge < -0.3 is 9.15 Å². The Hall–Kier alpha value is -0.970. The minimum atomic E-state index is -0.528. The largest absolute Gasteiger partial charge is 0.447 e. The number of hydrogen-bond acceptors (Lipinski definition) is 3. The predicted molar refractivity (Wildman–Crippen MR) is 56.3 cm³/mol. The zero-order valence-corrected chi connectivity index (χ0v) is 9.84. The third-order valence-corrected chi connectivity index (χ3v) is 1.61. The fraction of sp³-hybridized carbons (Fsp3) is 0.444. The summed E-state index contributed by atoms with van der Waals surface area (Å²) in [7, 11) is 0. The molecule has 0 aliphatic rings. The van der Waals surface area contributed by atoms with E-state index in [0.717, 1.165) is 4.47 Å². The molecule has 4 nitrogen and oxygen atoms in total. The van der Waals surface area contributed by atoms with Crippen molar-refractivity contribution in [1.29, 1.82) is 0 Å². The molecule has 1 aromatic heterocycles. The first-order valence-corrected chi connectivity index (χ1v) is 4.90. The van der Waals surface area contributed by atoms with E-state index in [0.29, 0.717) is 5.88 Å². The second-order valence-corrected chi connectivity index (χ2v) is 4.67. The van der Waals surface area contributed by atoms with E-state index in [1.165, 1.54) is 6.26 Å².